The minimum absolute atomic E-state index is 0.0130. The average Bonchev–Trinajstić information content (AvgIpc) is 2.40. The van der Waals surface area contributed by atoms with Crippen molar-refractivity contribution >= 4 is 37.6 Å². The minimum Gasteiger partial charge on any atom is -0.242 e. The lowest BCUT2D eigenvalue weighted by molar-refractivity contribution is 0.562. The lowest BCUT2D eigenvalue weighted by atomic mass is 10.2. The molecule has 1 heterocycles. The first-order valence-corrected chi connectivity index (χ1v) is 8.19. The highest BCUT2D eigenvalue weighted by molar-refractivity contribution is 9.10. The second-order valence-electron chi connectivity index (χ2n) is 4.00. The number of pyridine rings is 1. The fraction of sp³-hybridized carbons (Fsp3) is 0.0833. The third-order valence-corrected chi connectivity index (χ3v) is 4.79. The number of benzene rings is 1. The molecule has 0 aliphatic carbocycles. The number of nitrogens with one attached hydrogen (secondary N) is 1. The predicted molar refractivity (Wildman–Crippen MR) is 77.3 cm³/mol. The van der Waals surface area contributed by atoms with Gasteiger partial charge in [-0.1, -0.05) is 17.7 Å². The largest absolute Gasteiger partial charge is 0.243 e. The molecule has 1 N–H and O–H groups in total. The average molecular weight is 398 g/mol. The molecule has 2 rings (SSSR count). The van der Waals surface area contributed by atoms with Crippen molar-refractivity contribution in [2.45, 2.75) is 11.4 Å². The first kappa shape index (κ1) is 16.3. The number of nitrogens with zero attached hydrogens (tertiary/aromatic N) is 1. The molecule has 4 nitrogen and oxygen atoms in total. The van der Waals surface area contributed by atoms with Gasteiger partial charge in [0.2, 0.25) is 10.0 Å². The Morgan fingerprint density at radius 2 is 2.00 bits per heavy atom. The van der Waals surface area contributed by atoms with Gasteiger partial charge in [0, 0.05) is 28.8 Å². The van der Waals surface area contributed by atoms with Crippen molar-refractivity contribution in [2.24, 2.45) is 0 Å². The van der Waals surface area contributed by atoms with E-state index in [4.69, 9.17) is 11.6 Å². The van der Waals surface area contributed by atoms with Crippen LogP contribution in [0.1, 0.15) is 5.56 Å². The molecule has 2 aromatic rings. The fourth-order valence-electron chi connectivity index (χ4n) is 1.51. The van der Waals surface area contributed by atoms with Crippen LogP contribution in [0.15, 0.2) is 39.8 Å². The zero-order valence-electron chi connectivity index (χ0n) is 10.3. The highest BCUT2D eigenvalue weighted by atomic mass is 79.9. The van der Waals surface area contributed by atoms with Gasteiger partial charge in [-0.05, 0) is 28.1 Å². The molecule has 0 spiro atoms. The van der Waals surface area contributed by atoms with Gasteiger partial charge in [-0.2, -0.15) is 0 Å². The summed E-state index contributed by atoms with van der Waals surface area (Å²) in [4.78, 5) is 3.47. The van der Waals surface area contributed by atoms with E-state index < -0.39 is 21.7 Å². The van der Waals surface area contributed by atoms with Crippen molar-refractivity contribution < 1.29 is 17.2 Å². The van der Waals surface area contributed by atoms with Gasteiger partial charge in [-0.15, -0.1) is 0 Å². The zero-order valence-corrected chi connectivity index (χ0v) is 13.4. The Labute approximate surface area is 133 Å². The zero-order chi connectivity index (χ0) is 15.6. The van der Waals surface area contributed by atoms with Crippen LogP contribution >= 0.6 is 27.5 Å². The summed E-state index contributed by atoms with van der Waals surface area (Å²) in [7, 11) is -3.97. The molecule has 0 fully saturated rings. The highest BCUT2D eigenvalue weighted by Crippen LogP contribution is 2.22. The topological polar surface area (TPSA) is 59.1 Å². The van der Waals surface area contributed by atoms with Crippen LogP contribution in [0.5, 0.6) is 0 Å². The maximum absolute atomic E-state index is 13.5. The van der Waals surface area contributed by atoms with E-state index in [1.165, 1.54) is 12.3 Å². The van der Waals surface area contributed by atoms with Crippen LogP contribution in [0.25, 0.3) is 0 Å². The van der Waals surface area contributed by atoms with E-state index in [2.05, 4.69) is 25.6 Å². The van der Waals surface area contributed by atoms with Gasteiger partial charge in [0.15, 0.2) is 0 Å². The Kier molecular flexibility index (Phi) is 4.92. The van der Waals surface area contributed by atoms with Crippen molar-refractivity contribution in [3.63, 3.8) is 0 Å². The van der Waals surface area contributed by atoms with E-state index in [0.29, 0.717) is 10.5 Å². The van der Waals surface area contributed by atoms with Crippen molar-refractivity contribution in [1.82, 2.24) is 9.71 Å². The number of halogens is 4. The van der Waals surface area contributed by atoms with E-state index >= 15 is 0 Å². The minimum atomic E-state index is -3.97. The quantitative estimate of drug-likeness (QED) is 0.806. The first-order valence-electron chi connectivity index (χ1n) is 5.54. The molecule has 0 aliphatic rings. The monoisotopic (exact) mass is 396 g/mol. The van der Waals surface area contributed by atoms with Gasteiger partial charge in [0.05, 0.1) is 0 Å². The lowest BCUT2D eigenvalue weighted by Crippen LogP contribution is -2.24. The van der Waals surface area contributed by atoms with Gasteiger partial charge in [0.25, 0.3) is 0 Å². The molecule has 1 aromatic heterocycles. The Morgan fingerprint density at radius 1 is 1.29 bits per heavy atom. The second-order valence-corrected chi connectivity index (χ2v) is 7.01. The maximum atomic E-state index is 13.5. The molecule has 0 aliphatic heterocycles. The Bertz CT molecular complexity index is 787. The van der Waals surface area contributed by atoms with Crippen molar-refractivity contribution in [1.29, 1.82) is 0 Å². The number of hydrogen-bond acceptors (Lipinski definition) is 3. The summed E-state index contributed by atoms with van der Waals surface area (Å²) in [5.41, 5.74) is 0.0130. The molecule has 0 atom stereocenters. The van der Waals surface area contributed by atoms with Crippen LogP contribution in [0.4, 0.5) is 8.78 Å². The van der Waals surface area contributed by atoms with Crippen LogP contribution in [0.3, 0.4) is 0 Å². The highest BCUT2D eigenvalue weighted by Gasteiger charge is 2.19. The summed E-state index contributed by atoms with van der Waals surface area (Å²) in [6, 6.07) is 4.16. The van der Waals surface area contributed by atoms with Crippen LogP contribution < -0.4 is 4.72 Å². The SMILES string of the molecule is O=S(=O)(NCc1ccc(F)cc1F)c1cc(Br)cnc1Cl. The van der Waals surface area contributed by atoms with Crippen LogP contribution in [-0.4, -0.2) is 13.4 Å². The summed E-state index contributed by atoms with van der Waals surface area (Å²) in [6.45, 7) is -0.336. The third kappa shape index (κ3) is 3.97. The van der Waals surface area contributed by atoms with E-state index in [0.717, 1.165) is 12.1 Å². The van der Waals surface area contributed by atoms with E-state index in [1.54, 1.807) is 0 Å². The molecule has 9 heteroatoms. The van der Waals surface area contributed by atoms with E-state index in [1.807, 2.05) is 0 Å². The van der Waals surface area contributed by atoms with Gasteiger partial charge in [-0.25, -0.2) is 26.9 Å². The molecule has 112 valence electrons. The molecule has 1 aromatic carbocycles. The Hall–Kier alpha value is -1.09. The van der Waals surface area contributed by atoms with Crippen molar-refractivity contribution in [3.8, 4) is 0 Å². The van der Waals surface area contributed by atoms with E-state index in [9.17, 15) is 17.2 Å². The molecule has 0 radical (unpaired) electrons. The number of aromatic nitrogens is 1. The molecule has 0 bridgehead atoms. The summed E-state index contributed by atoms with van der Waals surface area (Å²) in [5, 5.41) is -0.203. The molecule has 0 saturated carbocycles. The van der Waals surface area contributed by atoms with Gasteiger partial charge in [0.1, 0.15) is 21.7 Å². The number of rotatable bonds is 4. The van der Waals surface area contributed by atoms with Crippen LogP contribution in [0.2, 0.25) is 5.15 Å². The normalized spacial score (nSPS) is 11.6. The summed E-state index contributed by atoms with van der Waals surface area (Å²) < 4.78 is 53.0. The van der Waals surface area contributed by atoms with Gasteiger partial charge >= 0.3 is 0 Å². The van der Waals surface area contributed by atoms with Gasteiger partial charge < -0.3 is 0 Å². The maximum Gasteiger partial charge on any atom is 0.243 e. The molecule has 0 unspecified atom stereocenters. The molecule has 0 amide bonds. The predicted octanol–water partition coefficient (Wildman–Crippen LogP) is 3.25. The van der Waals surface area contributed by atoms with Crippen molar-refractivity contribution in [2.75, 3.05) is 0 Å². The molecule has 21 heavy (non-hydrogen) atoms. The Balaban J connectivity index is 2.24. The first-order chi connectivity index (χ1) is 9.79. The number of sulfonamides is 1. The molecule has 0 saturated heterocycles. The van der Waals surface area contributed by atoms with Crippen molar-refractivity contribution in [3.05, 3.63) is 57.3 Å². The van der Waals surface area contributed by atoms with E-state index in [-0.39, 0.29) is 22.2 Å². The molecular weight excluding hydrogens is 390 g/mol. The van der Waals surface area contributed by atoms with Crippen LogP contribution in [0, 0.1) is 11.6 Å². The smallest absolute Gasteiger partial charge is 0.242 e. The third-order valence-electron chi connectivity index (χ3n) is 2.53. The van der Waals surface area contributed by atoms with Gasteiger partial charge in [-0.3, -0.25) is 0 Å². The number of hydrogen-bond donors (Lipinski definition) is 1. The second kappa shape index (κ2) is 6.35. The Morgan fingerprint density at radius 3 is 2.67 bits per heavy atom. The fourth-order valence-corrected chi connectivity index (χ4v) is 3.46. The standard InChI is InChI=1S/C12H8BrClF2N2O2S/c13-8-3-11(12(14)17-6-8)21(19,20)18-5-7-1-2-9(15)4-10(7)16/h1-4,6,18H,5H2. The molecular formula is C12H8BrClF2N2O2S. The summed E-state index contributed by atoms with van der Waals surface area (Å²) in [6.07, 6.45) is 1.35. The van der Waals surface area contributed by atoms with Crippen LogP contribution in [-0.2, 0) is 16.6 Å². The summed E-state index contributed by atoms with van der Waals surface area (Å²) >= 11 is 8.83. The summed E-state index contributed by atoms with van der Waals surface area (Å²) in [5.74, 6) is -1.57. The lowest BCUT2D eigenvalue weighted by Gasteiger charge is -2.09.